The maximum atomic E-state index is 5.92. The van der Waals surface area contributed by atoms with Crippen molar-refractivity contribution in [3.8, 4) is 12.3 Å². The number of terminal acetylenes is 1. The largest absolute Gasteiger partial charge is 0.357 e. The summed E-state index contributed by atoms with van der Waals surface area (Å²) >= 11 is 5.92. The van der Waals surface area contributed by atoms with Crippen molar-refractivity contribution in [1.29, 1.82) is 0 Å². The first-order valence-electron chi connectivity index (χ1n) is 5.96. The maximum Gasteiger partial charge on any atom is 0.192 e. The first-order valence-corrected chi connectivity index (χ1v) is 6.34. The van der Waals surface area contributed by atoms with E-state index in [1.165, 1.54) is 5.56 Å². The lowest BCUT2D eigenvalue weighted by atomic mass is 10.1. The molecule has 0 amide bonds. The van der Waals surface area contributed by atoms with Crippen LogP contribution in [0.25, 0.3) is 0 Å². The standard InChI is InChI=1S/C14H18ClN3.HI/c1-3-9-17-14(16-4-2)18-10-8-12-6-5-7-13(15)11-12;/h1,5-7,11H,4,8-10H2,2H3,(H2,16,17,18);1H. The normalized spacial score (nSPS) is 10.3. The Morgan fingerprint density at radius 3 is 2.84 bits per heavy atom. The van der Waals surface area contributed by atoms with Gasteiger partial charge in [0, 0.05) is 18.1 Å². The molecule has 0 saturated heterocycles. The van der Waals surface area contributed by atoms with Gasteiger partial charge < -0.3 is 10.6 Å². The summed E-state index contributed by atoms with van der Waals surface area (Å²) < 4.78 is 0. The number of halogens is 2. The molecule has 0 aliphatic carbocycles. The fraction of sp³-hybridized carbons (Fsp3) is 0.357. The van der Waals surface area contributed by atoms with Crippen LogP contribution in [-0.4, -0.2) is 25.6 Å². The van der Waals surface area contributed by atoms with E-state index in [0.717, 1.165) is 23.9 Å². The Bertz CT molecular complexity index is 441. The molecule has 0 aliphatic heterocycles. The average molecular weight is 392 g/mol. The fourth-order valence-corrected chi connectivity index (χ4v) is 1.68. The van der Waals surface area contributed by atoms with E-state index in [2.05, 4.69) is 21.5 Å². The fourth-order valence-electron chi connectivity index (χ4n) is 1.47. The van der Waals surface area contributed by atoms with Gasteiger partial charge in [-0.1, -0.05) is 29.7 Å². The molecule has 0 radical (unpaired) electrons. The van der Waals surface area contributed by atoms with Gasteiger partial charge in [-0.3, -0.25) is 4.99 Å². The van der Waals surface area contributed by atoms with Crippen LogP contribution in [0.2, 0.25) is 5.02 Å². The number of nitrogens with zero attached hydrogens (tertiary/aromatic N) is 1. The minimum absolute atomic E-state index is 0. The van der Waals surface area contributed by atoms with E-state index in [0.29, 0.717) is 13.1 Å². The molecular formula is C14H19ClIN3. The maximum absolute atomic E-state index is 5.92. The number of hydrogen-bond acceptors (Lipinski definition) is 1. The van der Waals surface area contributed by atoms with Gasteiger partial charge in [-0.25, -0.2) is 0 Å². The molecule has 5 heteroatoms. The van der Waals surface area contributed by atoms with Crippen molar-refractivity contribution in [3.05, 3.63) is 34.9 Å². The molecule has 1 rings (SSSR count). The second-order valence-corrected chi connectivity index (χ2v) is 4.13. The highest BCUT2D eigenvalue weighted by atomic mass is 127. The Balaban J connectivity index is 0.00000324. The summed E-state index contributed by atoms with van der Waals surface area (Å²) in [5.41, 5.74) is 1.18. The average Bonchev–Trinajstić information content (AvgIpc) is 2.36. The third-order valence-electron chi connectivity index (χ3n) is 2.26. The summed E-state index contributed by atoms with van der Waals surface area (Å²) in [6.07, 6.45) is 6.05. The highest BCUT2D eigenvalue weighted by Crippen LogP contribution is 2.10. The van der Waals surface area contributed by atoms with Crippen molar-refractivity contribution < 1.29 is 0 Å². The van der Waals surface area contributed by atoms with Crippen molar-refractivity contribution in [2.75, 3.05) is 19.6 Å². The van der Waals surface area contributed by atoms with Crippen molar-refractivity contribution in [3.63, 3.8) is 0 Å². The van der Waals surface area contributed by atoms with Gasteiger partial charge in [-0.2, -0.15) is 0 Å². The Morgan fingerprint density at radius 1 is 1.42 bits per heavy atom. The van der Waals surface area contributed by atoms with Crippen molar-refractivity contribution in [2.24, 2.45) is 4.99 Å². The first kappa shape index (κ1) is 18.1. The first-order chi connectivity index (χ1) is 8.76. The molecule has 2 N–H and O–H groups in total. The van der Waals surface area contributed by atoms with Crippen LogP contribution >= 0.6 is 35.6 Å². The predicted molar refractivity (Wildman–Crippen MR) is 93.4 cm³/mol. The molecule has 0 heterocycles. The molecule has 0 aliphatic rings. The molecule has 104 valence electrons. The van der Waals surface area contributed by atoms with Gasteiger partial charge >= 0.3 is 0 Å². The van der Waals surface area contributed by atoms with Crippen molar-refractivity contribution >= 4 is 41.5 Å². The summed E-state index contributed by atoms with van der Waals surface area (Å²) in [4.78, 5) is 4.43. The second-order valence-electron chi connectivity index (χ2n) is 3.70. The number of benzene rings is 1. The van der Waals surface area contributed by atoms with Gasteiger partial charge in [0.1, 0.15) is 0 Å². The molecule has 0 spiro atoms. The van der Waals surface area contributed by atoms with Crippen LogP contribution in [0.4, 0.5) is 0 Å². The highest BCUT2D eigenvalue weighted by Gasteiger charge is 1.96. The summed E-state index contributed by atoms with van der Waals surface area (Å²) in [7, 11) is 0. The predicted octanol–water partition coefficient (Wildman–Crippen LogP) is 2.69. The Morgan fingerprint density at radius 2 is 2.21 bits per heavy atom. The van der Waals surface area contributed by atoms with Crippen LogP contribution in [0.1, 0.15) is 12.5 Å². The lowest BCUT2D eigenvalue weighted by Crippen LogP contribution is -2.37. The molecule has 19 heavy (non-hydrogen) atoms. The van der Waals surface area contributed by atoms with Crippen LogP contribution in [0.15, 0.2) is 29.3 Å². The SMILES string of the molecule is C#CCNC(=NCCc1cccc(Cl)c1)NCC.I. The molecule has 3 nitrogen and oxygen atoms in total. The van der Waals surface area contributed by atoms with E-state index in [9.17, 15) is 0 Å². The van der Waals surface area contributed by atoms with E-state index in [-0.39, 0.29) is 24.0 Å². The molecule has 0 aromatic heterocycles. The van der Waals surface area contributed by atoms with E-state index >= 15 is 0 Å². The van der Waals surface area contributed by atoms with E-state index < -0.39 is 0 Å². The number of hydrogen-bond donors (Lipinski definition) is 2. The second kappa shape index (κ2) is 10.9. The zero-order valence-electron chi connectivity index (χ0n) is 10.9. The van der Waals surface area contributed by atoms with Crippen molar-refractivity contribution in [1.82, 2.24) is 10.6 Å². The van der Waals surface area contributed by atoms with Crippen LogP contribution in [0, 0.1) is 12.3 Å². The lowest BCUT2D eigenvalue weighted by Gasteiger charge is -2.08. The van der Waals surface area contributed by atoms with Gasteiger partial charge in [0.2, 0.25) is 0 Å². The quantitative estimate of drug-likeness (QED) is 0.350. The molecular weight excluding hydrogens is 373 g/mol. The Kier molecular flexibility index (Phi) is 10.4. The third kappa shape index (κ3) is 7.96. The molecule has 1 aromatic carbocycles. The molecule has 0 bridgehead atoms. The van der Waals surface area contributed by atoms with Crippen LogP contribution in [0.3, 0.4) is 0 Å². The summed E-state index contributed by atoms with van der Waals surface area (Å²) in [6.45, 7) is 4.00. The minimum atomic E-state index is 0. The smallest absolute Gasteiger partial charge is 0.192 e. The van der Waals surface area contributed by atoms with E-state index in [1.807, 2.05) is 31.2 Å². The molecule has 0 unspecified atom stereocenters. The van der Waals surface area contributed by atoms with Gasteiger partial charge in [0.25, 0.3) is 0 Å². The van der Waals surface area contributed by atoms with Crippen molar-refractivity contribution in [2.45, 2.75) is 13.3 Å². The third-order valence-corrected chi connectivity index (χ3v) is 2.50. The monoisotopic (exact) mass is 391 g/mol. The Hall–Kier alpha value is -0.930. The molecule has 0 saturated carbocycles. The number of aliphatic imine (C=N–C) groups is 1. The van der Waals surface area contributed by atoms with Crippen LogP contribution in [-0.2, 0) is 6.42 Å². The zero-order chi connectivity index (χ0) is 13.2. The number of nitrogens with one attached hydrogen (secondary N) is 2. The van der Waals surface area contributed by atoms with Crippen LogP contribution < -0.4 is 10.6 Å². The molecule has 1 aromatic rings. The molecule has 0 fully saturated rings. The summed E-state index contributed by atoms with van der Waals surface area (Å²) in [6, 6.07) is 7.82. The zero-order valence-corrected chi connectivity index (χ0v) is 14.0. The Labute approximate surface area is 137 Å². The highest BCUT2D eigenvalue weighted by molar-refractivity contribution is 14.0. The van der Waals surface area contributed by atoms with Gasteiger partial charge in [0.15, 0.2) is 5.96 Å². The number of rotatable bonds is 5. The van der Waals surface area contributed by atoms with Gasteiger partial charge in [-0.15, -0.1) is 30.4 Å². The number of guanidine groups is 1. The summed E-state index contributed by atoms with van der Waals surface area (Å²) in [5.74, 6) is 3.27. The molecule has 0 atom stereocenters. The topological polar surface area (TPSA) is 36.4 Å². The lowest BCUT2D eigenvalue weighted by molar-refractivity contribution is 0.855. The summed E-state index contributed by atoms with van der Waals surface area (Å²) in [5, 5.41) is 6.94. The van der Waals surface area contributed by atoms with Crippen LogP contribution in [0.5, 0.6) is 0 Å². The van der Waals surface area contributed by atoms with Gasteiger partial charge in [-0.05, 0) is 31.0 Å². The minimum Gasteiger partial charge on any atom is -0.357 e. The van der Waals surface area contributed by atoms with E-state index in [4.69, 9.17) is 18.0 Å². The van der Waals surface area contributed by atoms with E-state index in [1.54, 1.807) is 0 Å². The van der Waals surface area contributed by atoms with Gasteiger partial charge in [0.05, 0.1) is 6.54 Å².